The summed E-state index contributed by atoms with van der Waals surface area (Å²) in [7, 11) is 0. The van der Waals surface area contributed by atoms with Crippen molar-refractivity contribution in [1.29, 1.82) is 0 Å². The SMILES string of the molecule is CCNC(=NCc1cc(C(C)C)no1)NCc1cc2ccccc2o1. The van der Waals surface area contributed by atoms with E-state index < -0.39 is 0 Å². The second-order valence-electron chi connectivity index (χ2n) is 6.17. The number of nitrogens with zero attached hydrogens (tertiary/aromatic N) is 2. The van der Waals surface area contributed by atoms with Crippen LogP contribution >= 0.6 is 0 Å². The highest BCUT2D eigenvalue weighted by molar-refractivity contribution is 5.80. The normalized spacial score (nSPS) is 12.1. The molecule has 2 N–H and O–H groups in total. The summed E-state index contributed by atoms with van der Waals surface area (Å²) >= 11 is 0. The lowest BCUT2D eigenvalue weighted by Crippen LogP contribution is -2.36. The molecular formula is C19H24N4O2. The Hall–Kier alpha value is -2.76. The minimum Gasteiger partial charge on any atom is -0.459 e. The van der Waals surface area contributed by atoms with Gasteiger partial charge in [-0.3, -0.25) is 0 Å². The number of para-hydroxylation sites is 1. The van der Waals surface area contributed by atoms with E-state index in [0.717, 1.165) is 34.7 Å². The van der Waals surface area contributed by atoms with Crippen LogP contribution in [0.2, 0.25) is 0 Å². The molecule has 0 saturated carbocycles. The van der Waals surface area contributed by atoms with Crippen LogP contribution in [0.25, 0.3) is 11.0 Å². The van der Waals surface area contributed by atoms with Gasteiger partial charge in [-0.2, -0.15) is 0 Å². The van der Waals surface area contributed by atoms with Crippen molar-refractivity contribution in [3.8, 4) is 0 Å². The highest BCUT2D eigenvalue weighted by atomic mass is 16.5. The van der Waals surface area contributed by atoms with Crippen molar-refractivity contribution >= 4 is 16.9 Å². The molecular weight excluding hydrogens is 316 g/mol. The molecule has 0 bridgehead atoms. The van der Waals surface area contributed by atoms with E-state index in [4.69, 9.17) is 8.94 Å². The summed E-state index contributed by atoms with van der Waals surface area (Å²) < 4.78 is 11.1. The number of hydrogen-bond acceptors (Lipinski definition) is 4. The predicted octanol–water partition coefficient (Wildman–Crippen LogP) is 3.80. The van der Waals surface area contributed by atoms with E-state index in [1.54, 1.807) is 0 Å². The molecule has 0 unspecified atom stereocenters. The van der Waals surface area contributed by atoms with Crippen LogP contribution < -0.4 is 10.6 Å². The standard InChI is InChI=1S/C19H24N4O2/c1-4-20-19(22-12-16-10-17(13(2)3)23-25-16)21-11-15-9-14-7-5-6-8-18(14)24-15/h5-10,13H,4,11-12H2,1-3H3,(H2,20,21,22). The molecule has 0 saturated heterocycles. The van der Waals surface area contributed by atoms with Crippen LogP contribution in [-0.4, -0.2) is 17.7 Å². The van der Waals surface area contributed by atoms with Gasteiger partial charge in [0.1, 0.15) is 17.9 Å². The minimum absolute atomic E-state index is 0.348. The third-order valence-electron chi connectivity index (χ3n) is 3.81. The average molecular weight is 340 g/mol. The van der Waals surface area contributed by atoms with Crippen molar-refractivity contribution in [2.45, 2.75) is 39.8 Å². The number of nitrogens with one attached hydrogen (secondary N) is 2. The Morgan fingerprint density at radius 1 is 1.16 bits per heavy atom. The van der Waals surface area contributed by atoms with E-state index in [1.807, 2.05) is 43.3 Å². The summed E-state index contributed by atoms with van der Waals surface area (Å²) in [5.74, 6) is 2.68. The van der Waals surface area contributed by atoms with Crippen molar-refractivity contribution in [1.82, 2.24) is 15.8 Å². The average Bonchev–Trinajstić information content (AvgIpc) is 3.23. The predicted molar refractivity (Wildman–Crippen MR) is 98.5 cm³/mol. The van der Waals surface area contributed by atoms with Crippen LogP contribution in [-0.2, 0) is 13.1 Å². The van der Waals surface area contributed by atoms with Crippen molar-refractivity contribution in [2.24, 2.45) is 4.99 Å². The molecule has 1 aromatic carbocycles. The van der Waals surface area contributed by atoms with Crippen LogP contribution in [0.5, 0.6) is 0 Å². The molecule has 0 spiro atoms. The molecule has 2 heterocycles. The second kappa shape index (κ2) is 7.88. The lowest BCUT2D eigenvalue weighted by Gasteiger charge is -2.09. The minimum atomic E-state index is 0.348. The number of hydrogen-bond donors (Lipinski definition) is 2. The molecule has 6 heteroatoms. The van der Waals surface area contributed by atoms with Crippen LogP contribution in [0.3, 0.4) is 0 Å². The molecule has 3 aromatic rings. The maximum atomic E-state index is 5.82. The van der Waals surface area contributed by atoms with Gasteiger partial charge >= 0.3 is 0 Å². The van der Waals surface area contributed by atoms with Crippen molar-refractivity contribution in [3.05, 3.63) is 53.6 Å². The molecule has 0 aliphatic carbocycles. The fourth-order valence-electron chi connectivity index (χ4n) is 2.47. The monoisotopic (exact) mass is 340 g/mol. The molecule has 3 rings (SSSR count). The zero-order valence-corrected chi connectivity index (χ0v) is 14.9. The Morgan fingerprint density at radius 3 is 2.72 bits per heavy atom. The lowest BCUT2D eigenvalue weighted by atomic mass is 10.1. The molecule has 0 amide bonds. The maximum Gasteiger partial charge on any atom is 0.192 e. The number of furan rings is 1. The van der Waals surface area contributed by atoms with Crippen LogP contribution in [0.1, 0.15) is 43.9 Å². The van der Waals surface area contributed by atoms with Crippen molar-refractivity contribution in [3.63, 3.8) is 0 Å². The van der Waals surface area contributed by atoms with E-state index in [2.05, 4.69) is 34.6 Å². The van der Waals surface area contributed by atoms with Gasteiger partial charge in [0, 0.05) is 18.0 Å². The van der Waals surface area contributed by atoms with Gasteiger partial charge in [-0.25, -0.2) is 4.99 Å². The number of benzene rings is 1. The molecule has 2 aromatic heterocycles. The third-order valence-corrected chi connectivity index (χ3v) is 3.81. The van der Waals surface area contributed by atoms with E-state index in [0.29, 0.717) is 25.0 Å². The third kappa shape index (κ3) is 4.41. The first-order chi connectivity index (χ1) is 12.2. The van der Waals surface area contributed by atoms with Crippen molar-refractivity contribution < 1.29 is 8.94 Å². The summed E-state index contributed by atoms with van der Waals surface area (Å²) in [6.07, 6.45) is 0. The molecule has 0 fully saturated rings. The molecule has 6 nitrogen and oxygen atoms in total. The highest BCUT2D eigenvalue weighted by Gasteiger charge is 2.08. The Bertz CT molecular complexity index is 815. The zero-order valence-electron chi connectivity index (χ0n) is 14.9. The molecule has 0 radical (unpaired) electrons. The first-order valence-electron chi connectivity index (χ1n) is 8.61. The zero-order chi connectivity index (χ0) is 17.6. The van der Waals surface area contributed by atoms with Gasteiger partial charge in [-0.05, 0) is 25.0 Å². The largest absolute Gasteiger partial charge is 0.459 e. The van der Waals surface area contributed by atoms with Gasteiger partial charge in [0.15, 0.2) is 11.7 Å². The number of aliphatic imine (C=N–C) groups is 1. The van der Waals surface area contributed by atoms with Gasteiger partial charge in [-0.15, -0.1) is 0 Å². The Labute approximate surface area is 147 Å². The van der Waals surface area contributed by atoms with E-state index in [9.17, 15) is 0 Å². The van der Waals surface area contributed by atoms with Crippen molar-refractivity contribution in [2.75, 3.05) is 6.54 Å². The summed E-state index contributed by atoms with van der Waals surface area (Å²) in [6, 6.07) is 12.0. The molecule has 132 valence electrons. The fourth-order valence-corrected chi connectivity index (χ4v) is 2.47. The summed E-state index contributed by atoms with van der Waals surface area (Å²) in [5.41, 5.74) is 1.84. The smallest absolute Gasteiger partial charge is 0.192 e. The first-order valence-corrected chi connectivity index (χ1v) is 8.61. The summed E-state index contributed by atoms with van der Waals surface area (Å²) in [5, 5.41) is 11.7. The first kappa shape index (κ1) is 17.1. The highest BCUT2D eigenvalue weighted by Crippen LogP contribution is 2.18. The second-order valence-corrected chi connectivity index (χ2v) is 6.17. The van der Waals surface area contributed by atoms with Gasteiger partial charge in [-0.1, -0.05) is 37.2 Å². The Kier molecular flexibility index (Phi) is 5.38. The van der Waals surface area contributed by atoms with Crippen LogP contribution in [0.15, 0.2) is 50.3 Å². The lowest BCUT2D eigenvalue weighted by molar-refractivity contribution is 0.376. The van der Waals surface area contributed by atoms with Gasteiger partial charge < -0.3 is 19.6 Å². The summed E-state index contributed by atoms with van der Waals surface area (Å²) in [6.45, 7) is 7.99. The number of guanidine groups is 1. The van der Waals surface area contributed by atoms with Crippen LogP contribution in [0, 0.1) is 0 Å². The molecule has 25 heavy (non-hydrogen) atoms. The van der Waals surface area contributed by atoms with Crippen LogP contribution in [0.4, 0.5) is 0 Å². The quantitative estimate of drug-likeness (QED) is 0.527. The fraction of sp³-hybridized carbons (Fsp3) is 0.368. The topological polar surface area (TPSA) is 75.6 Å². The maximum absolute atomic E-state index is 5.82. The molecule has 0 aliphatic rings. The van der Waals surface area contributed by atoms with E-state index in [1.165, 1.54) is 0 Å². The number of aromatic nitrogens is 1. The van der Waals surface area contributed by atoms with Gasteiger partial charge in [0.2, 0.25) is 0 Å². The Morgan fingerprint density at radius 2 is 2.00 bits per heavy atom. The summed E-state index contributed by atoms with van der Waals surface area (Å²) in [4.78, 5) is 4.54. The van der Waals surface area contributed by atoms with E-state index in [-0.39, 0.29) is 0 Å². The molecule has 0 atom stereocenters. The van der Waals surface area contributed by atoms with Gasteiger partial charge in [0.05, 0.1) is 12.2 Å². The van der Waals surface area contributed by atoms with E-state index >= 15 is 0 Å². The Balaban J connectivity index is 1.63. The molecule has 0 aliphatic heterocycles. The number of fused-ring (bicyclic) bond motifs is 1. The van der Waals surface area contributed by atoms with Gasteiger partial charge in [0.25, 0.3) is 0 Å². The number of rotatable bonds is 6.